The molecule has 0 bridgehead atoms. The van der Waals surface area contributed by atoms with Gasteiger partial charge in [-0.15, -0.1) is 5.10 Å². The van der Waals surface area contributed by atoms with Crippen molar-refractivity contribution in [1.82, 2.24) is 25.6 Å². The van der Waals surface area contributed by atoms with Gasteiger partial charge in [-0.2, -0.15) is 4.68 Å². The molecule has 9 nitrogen and oxygen atoms in total. The van der Waals surface area contributed by atoms with Crippen LogP contribution in [0.2, 0.25) is 0 Å². The first-order valence-corrected chi connectivity index (χ1v) is 9.73. The van der Waals surface area contributed by atoms with Crippen LogP contribution in [0.15, 0.2) is 41.2 Å². The fourth-order valence-corrected chi connectivity index (χ4v) is 3.49. The first-order valence-electron chi connectivity index (χ1n) is 9.73. The summed E-state index contributed by atoms with van der Waals surface area (Å²) in [6, 6.07) is 6.68. The SMILES string of the molecule is O=C(Cc1cc(F)cc(F)c1)NCc1ccc2c(=O)n(C3CCC(=O)NC3=O)nnc2c1. The normalized spacial score (nSPS) is 16.1. The third-order valence-electron chi connectivity index (χ3n) is 5.03. The first kappa shape index (κ1) is 21.2. The van der Waals surface area contributed by atoms with Crippen LogP contribution in [0.1, 0.15) is 30.0 Å². The van der Waals surface area contributed by atoms with Crippen LogP contribution in [0.3, 0.4) is 0 Å². The quantitative estimate of drug-likeness (QED) is 0.568. The second-order valence-corrected chi connectivity index (χ2v) is 7.39. The second-order valence-electron chi connectivity index (χ2n) is 7.39. The van der Waals surface area contributed by atoms with Gasteiger partial charge >= 0.3 is 0 Å². The molecule has 2 aromatic carbocycles. The zero-order valence-corrected chi connectivity index (χ0v) is 16.6. The molecule has 11 heteroatoms. The predicted molar refractivity (Wildman–Crippen MR) is 107 cm³/mol. The minimum atomic E-state index is -0.913. The van der Waals surface area contributed by atoms with Crippen molar-refractivity contribution in [1.29, 1.82) is 0 Å². The first-order chi connectivity index (χ1) is 15.3. The summed E-state index contributed by atoms with van der Waals surface area (Å²) in [5, 5.41) is 12.9. The number of rotatable bonds is 5. The molecule has 1 aliphatic heterocycles. The summed E-state index contributed by atoms with van der Waals surface area (Å²) in [6.45, 7) is 0.102. The highest BCUT2D eigenvalue weighted by Crippen LogP contribution is 2.17. The van der Waals surface area contributed by atoms with E-state index >= 15 is 0 Å². The van der Waals surface area contributed by atoms with Gasteiger partial charge in [-0.05, 0) is 41.8 Å². The van der Waals surface area contributed by atoms with E-state index in [-0.39, 0.29) is 42.3 Å². The molecule has 4 rings (SSSR count). The zero-order chi connectivity index (χ0) is 22.8. The van der Waals surface area contributed by atoms with E-state index in [0.29, 0.717) is 5.56 Å². The van der Waals surface area contributed by atoms with Gasteiger partial charge in [-0.1, -0.05) is 11.3 Å². The third kappa shape index (κ3) is 4.51. The molecule has 1 aromatic heterocycles. The number of benzene rings is 2. The Morgan fingerprint density at radius 1 is 1.09 bits per heavy atom. The van der Waals surface area contributed by atoms with E-state index < -0.39 is 41.0 Å². The molecule has 0 spiro atoms. The Balaban J connectivity index is 1.47. The molecule has 1 aliphatic rings. The summed E-state index contributed by atoms with van der Waals surface area (Å²) in [6.07, 6.45) is 0.0618. The van der Waals surface area contributed by atoms with Gasteiger partial charge in [0.05, 0.1) is 11.8 Å². The molecule has 3 amide bonds. The lowest BCUT2D eigenvalue weighted by Crippen LogP contribution is -2.45. The van der Waals surface area contributed by atoms with Gasteiger partial charge in [0, 0.05) is 19.0 Å². The van der Waals surface area contributed by atoms with Gasteiger partial charge in [0.1, 0.15) is 23.2 Å². The standard InChI is InChI=1S/C21H17F2N5O4/c22-13-5-12(6-14(23)9-13)8-19(30)24-10-11-1-2-15-16(7-11)26-27-28(21(15)32)17-3-4-18(29)25-20(17)31/h1-2,5-7,9,17H,3-4,8,10H2,(H,24,30)(H,25,29,31). The van der Waals surface area contributed by atoms with Crippen LogP contribution in [0.25, 0.3) is 10.9 Å². The average Bonchev–Trinajstić information content (AvgIpc) is 2.72. The Kier molecular flexibility index (Phi) is 5.71. The van der Waals surface area contributed by atoms with E-state index in [4.69, 9.17) is 0 Å². The topological polar surface area (TPSA) is 123 Å². The van der Waals surface area contributed by atoms with Crippen LogP contribution in [-0.2, 0) is 27.3 Å². The molecule has 1 saturated heterocycles. The number of piperidine rings is 1. The van der Waals surface area contributed by atoms with E-state index in [1.54, 1.807) is 12.1 Å². The lowest BCUT2D eigenvalue weighted by Gasteiger charge is -2.21. The van der Waals surface area contributed by atoms with Gasteiger partial charge in [0.25, 0.3) is 11.5 Å². The molecule has 0 radical (unpaired) electrons. The maximum absolute atomic E-state index is 13.2. The molecule has 0 saturated carbocycles. The molecule has 3 aromatic rings. The van der Waals surface area contributed by atoms with Crippen LogP contribution < -0.4 is 16.2 Å². The summed E-state index contributed by atoms with van der Waals surface area (Å²) >= 11 is 0. The number of carbonyl (C=O) groups excluding carboxylic acids is 3. The van der Waals surface area contributed by atoms with Crippen LogP contribution in [0.5, 0.6) is 0 Å². The summed E-state index contributed by atoms with van der Waals surface area (Å²) in [7, 11) is 0. The third-order valence-corrected chi connectivity index (χ3v) is 5.03. The summed E-state index contributed by atoms with van der Waals surface area (Å²) in [5.41, 5.74) is 0.591. The Bertz CT molecular complexity index is 1290. The minimum absolute atomic E-state index is 0.101. The second kappa shape index (κ2) is 8.61. The number of fused-ring (bicyclic) bond motifs is 1. The largest absolute Gasteiger partial charge is 0.352 e. The van der Waals surface area contributed by atoms with E-state index in [1.165, 1.54) is 6.07 Å². The molecule has 1 unspecified atom stereocenters. The number of hydrogen-bond donors (Lipinski definition) is 2. The van der Waals surface area contributed by atoms with Gasteiger partial charge in [-0.25, -0.2) is 8.78 Å². The number of hydrogen-bond acceptors (Lipinski definition) is 6. The number of nitrogens with one attached hydrogen (secondary N) is 2. The number of nitrogens with zero attached hydrogens (tertiary/aromatic N) is 3. The predicted octanol–water partition coefficient (Wildman–Crippen LogP) is 0.906. The van der Waals surface area contributed by atoms with Crippen LogP contribution in [0, 0.1) is 11.6 Å². The molecule has 2 N–H and O–H groups in total. The van der Waals surface area contributed by atoms with Crippen molar-refractivity contribution in [2.24, 2.45) is 0 Å². The molecule has 164 valence electrons. The lowest BCUT2D eigenvalue weighted by molar-refractivity contribution is -0.136. The zero-order valence-electron chi connectivity index (χ0n) is 16.6. The Labute approximate surface area is 179 Å². The molecule has 32 heavy (non-hydrogen) atoms. The van der Waals surface area contributed by atoms with Crippen LogP contribution in [-0.4, -0.2) is 32.7 Å². The van der Waals surface area contributed by atoms with Crippen molar-refractivity contribution >= 4 is 28.6 Å². The number of carbonyl (C=O) groups is 3. The Morgan fingerprint density at radius 2 is 1.84 bits per heavy atom. The number of imide groups is 1. The van der Waals surface area contributed by atoms with Crippen LogP contribution in [0.4, 0.5) is 8.78 Å². The number of amides is 3. The highest BCUT2D eigenvalue weighted by Gasteiger charge is 2.30. The highest BCUT2D eigenvalue weighted by atomic mass is 19.1. The van der Waals surface area contributed by atoms with Gasteiger partial charge in [0.15, 0.2) is 0 Å². The van der Waals surface area contributed by atoms with Crippen molar-refractivity contribution in [2.75, 3.05) is 0 Å². The minimum Gasteiger partial charge on any atom is -0.352 e. The van der Waals surface area contributed by atoms with Gasteiger partial charge in [-0.3, -0.25) is 24.5 Å². The van der Waals surface area contributed by atoms with Crippen molar-refractivity contribution in [3.8, 4) is 0 Å². The summed E-state index contributed by atoms with van der Waals surface area (Å²) < 4.78 is 27.5. The average molecular weight is 441 g/mol. The van der Waals surface area contributed by atoms with E-state index in [2.05, 4.69) is 20.9 Å². The van der Waals surface area contributed by atoms with E-state index in [1.807, 2.05) is 0 Å². The maximum Gasteiger partial charge on any atom is 0.278 e. The van der Waals surface area contributed by atoms with Crippen molar-refractivity contribution in [2.45, 2.75) is 31.8 Å². The van der Waals surface area contributed by atoms with Crippen LogP contribution >= 0.6 is 0 Å². The van der Waals surface area contributed by atoms with E-state index in [9.17, 15) is 28.0 Å². The Hall–Kier alpha value is -4.02. The molecular formula is C21H17F2N5O4. The number of aromatic nitrogens is 3. The summed E-state index contributed by atoms with van der Waals surface area (Å²) in [4.78, 5) is 48.2. The Morgan fingerprint density at radius 3 is 2.56 bits per heavy atom. The highest BCUT2D eigenvalue weighted by molar-refractivity contribution is 5.99. The van der Waals surface area contributed by atoms with Crippen molar-refractivity contribution in [3.05, 3.63) is 69.5 Å². The van der Waals surface area contributed by atoms with E-state index in [0.717, 1.165) is 22.9 Å². The molecule has 1 fully saturated rings. The van der Waals surface area contributed by atoms with Gasteiger partial charge < -0.3 is 5.32 Å². The smallest absolute Gasteiger partial charge is 0.278 e. The molecule has 2 heterocycles. The molecule has 0 aliphatic carbocycles. The molecular weight excluding hydrogens is 424 g/mol. The van der Waals surface area contributed by atoms with Crippen molar-refractivity contribution in [3.63, 3.8) is 0 Å². The fraction of sp³-hybridized carbons (Fsp3) is 0.238. The van der Waals surface area contributed by atoms with Gasteiger partial charge in [0.2, 0.25) is 11.8 Å². The molecule has 1 atom stereocenters. The van der Waals surface area contributed by atoms with Crippen molar-refractivity contribution < 1.29 is 23.2 Å². The fourth-order valence-electron chi connectivity index (χ4n) is 3.49. The lowest BCUT2D eigenvalue weighted by atomic mass is 10.1. The number of halogens is 2. The monoisotopic (exact) mass is 441 g/mol. The maximum atomic E-state index is 13.2. The summed E-state index contributed by atoms with van der Waals surface area (Å²) in [5.74, 6) is -2.96.